The predicted octanol–water partition coefficient (Wildman–Crippen LogP) is 1.93. The van der Waals surface area contributed by atoms with Gasteiger partial charge in [-0.25, -0.2) is 4.79 Å². The van der Waals surface area contributed by atoms with E-state index in [1.165, 1.54) is 6.92 Å². The number of imide groups is 1. The van der Waals surface area contributed by atoms with Gasteiger partial charge in [0.05, 0.1) is 11.0 Å². The number of rotatable bonds is 5. The number of fused-ring (bicyclic) bond motifs is 2. The first-order chi connectivity index (χ1) is 13.9. The van der Waals surface area contributed by atoms with E-state index in [4.69, 9.17) is 4.74 Å². The van der Waals surface area contributed by atoms with E-state index in [1.807, 2.05) is 0 Å². The Kier molecular flexibility index (Phi) is 5.92. The zero-order valence-corrected chi connectivity index (χ0v) is 16.1. The van der Waals surface area contributed by atoms with E-state index >= 15 is 0 Å². The number of para-hydroxylation sites is 2. The SMILES string of the molecule is CCNC(=O)NC(=O)C(C)OC(=O)Cn1c2ccccc2c(=O)c2ccccc21. The van der Waals surface area contributed by atoms with Crippen molar-refractivity contribution in [1.29, 1.82) is 0 Å². The topological polar surface area (TPSA) is 106 Å². The lowest BCUT2D eigenvalue weighted by atomic mass is 10.1. The van der Waals surface area contributed by atoms with Crippen LogP contribution in [0.1, 0.15) is 13.8 Å². The summed E-state index contributed by atoms with van der Waals surface area (Å²) < 4.78 is 6.88. The van der Waals surface area contributed by atoms with E-state index in [1.54, 1.807) is 60.0 Å². The van der Waals surface area contributed by atoms with E-state index < -0.39 is 24.0 Å². The summed E-state index contributed by atoms with van der Waals surface area (Å²) in [6, 6.07) is 13.3. The Morgan fingerprint density at radius 2 is 1.55 bits per heavy atom. The molecule has 150 valence electrons. The molecular weight excluding hydrogens is 374 g/mol. The average molecular weight is 395 g/mol. The summed E-state index contributed by atoms with van der Waals surface area (Å²) in [6.07, 6.45) is -1.15. The third-order valence-electron chi connectivity index (χ3n) is 4.42. The quantitative estimate of drug-likeness (QED) is 0.507. The summed E-state index contributed by atoms with van der Waals surface area (Å²) in [4.78, 5) is 48.7. The first kappa shape index (κ1) is 20.1. The number of pyridine rings is 1. The molecule has 1 heterocycles. The van der Waals surface area contributed by atoms with Gasteiger partial charge >= 0.3 is 12.0 Å². The molecule has 3 rings (SSSR count). The van der Waals surface area contributed by atoms with Crippen LogP contribution in [0.4, 0.5) is 4.79 Å². The third-order valence-corrected chi connectivity index (χ3v) is 4.42. The van der Waals surface area contributed by atoms with Crippen LogP contribution in [0.15, 0.2) is 53.3 Å². The van der Waals surface area contributed by atoms with Crippen LogP contribution in [0, 0.1) is 0 Å². The number of ether oxygens (including phenoxy) is 1. The minimum Gasteiger partial charge on any atom is -0.451 e. The maximum Gasteiger partial charge on any atom is 0.326 e. The number of esters is 1. The van der Waals surface area contributed by atoms with E-state index in [2.05, 4.69) is 10.6 Å². The van der Waals surface area contributed by atoms with Crippen LogP contribution >= 0.6 is 0 Å². The number of nitrogens with zero attached hydrogens (tertiary/aromatic N) is 1. The maximum absolute atomic E-state index is 12.7. The molecule has 3 aromatic rings. The van der Waals surface area contributed by atoms with Gasteiger partial charge in [0.1, 0.15) is 6.54 Å². The van der Waals surface area contributed by atoms with Crippen molar-refractivity contribution in [2.75, 3.05) is 6.54 Å². The Morgan fingerprint density at radius 3 is 2.10 bits per heavy atom. The fourth-order valence-corrected chi connectivity index (χ4v) is 3.08. The van der Waals surface area contributed by atoms with Crippen molar-refractivity contribution in [3.8, 4) is 0 Å². The lowest BCUT2D eigenvalue weighted by Crippen LogP contribution is -2.44. The van der Waals surface area contributed by atoms with Gasteiger partial charge in [0.25, 0.3) is 5.91 Å². The molecule has 0 radical (unpaired) electrons. The monoisotopic (exact) mass is 395 g/mol. The number of urea groups is 1. The first-order valence-corrected chi connectivity index (χ1v) is 9.20. The van der Waals surface area contributed by atoms with Crippen molar-refractivity contribution in [3.05, 3.63) is 58.8 Å². The minimum atomic E-state index is -1.15. The number of amides is 3. The predicted molar refractivity (Wildman–Crippen MR) is 108 cm³/mol. The molecule has 0 spiro atoms. The van der Waals surface area contributed by atoms with Gasteiger partial charge in [0.15, 0.2) is 11.5 Å². The van der Waals surface area contributed by atoms with Crippen LogP contribution in [0.25, 0.3) is 21.8 Å². The summed E-state index contributed by atoms with van der Waals surface area (Å²) in [6.45, 7) is 3.26. The lowest BCUT2D eigenvalue weighted by molar-refractivity contribution is -0.154. The van der Waals surface area contributed by atoms with Gasteiger partial charge in [-0.05, 0) is 38.1 Å². The highest BCUT2D eigenvalue weighted by Gasteiger charge is 2.21. The second-order valence-corrected chi connectivity index (χ2v) is 6.43. The zero-order valence-electron chi connectivity index (χ0n) is 16.1. The second-order valence-electron chi connectivity index (χ2n) is 6.43. The molecule has 0 saturated heterocycles. The van der Waals surface area contributed by atoms with Gasteiger partial charge in [-0.3, -0.25) is 19.7 Å². The molecule has 8 nitrogen and oxygen atoms in total. The average Bonchev–Trinajstić information content (AvgIpc) is 2.71. The van der Waals surface area contributed by atoms with Gasteiger partial charge < -0.3 is 14.6 Å². The van der Waals surface area contributed by atoms with Crippen LogP contribution in [0.5, 0.6) is 0 Å². The standard InChI is InChI=1S/C21H21N3O5/c1-3-22-21(28)23-20(27)13(2)29-18(25)12-24-16-10-6-4-8-14(16)19(26)15-9-5-7-11-17(15)24/h4-11,13H,3,12H2,1-2H3,(H2,22,23,27,28). The largest absolute Gasteiger partial charge is 0.451 e. The Hall–Kier alpha value is -3.68. The van der Waals surface area contributed by atoms with E-state index in [0.717, 1.165) is 0 Å². The molecule has 0 aliphatic carbocycles. The Bertz CT molecular complexity index is 1090. The zero-order chi connectivity index (χ0) is 21.0. The molecule has 0 fully saturated rings. The first-order valence-electron chi connectivity index (χ1n) is 9.20. The van der Waals surface area contributed by atoms with Gasteiger partial charge in [0, 0.05) is 17.3 Å². The Morgan fingerprint density at radius 1 is 1.00 bits per heavy atom. The molecule has 1 aromatic heterocycles. The number of nitrogens with one attached hydrogen (secondary N) is 2. The van der Waals surface area contributed by atoms with Crippen LogP contribution < -0.4 is 16.1 Å². The molecule has 2 N–H and O–H groups in total. The van der Waals surface area contributed by atoms with Crippen LogP contribution in [0.3, 0.4) is 0 Å². The van der Waals surface area contributed by atoms with E-state index in [-0.39, 0.29) is 12.0 Å². The number of carbonyl (C=O) groups excluding carboxylic acids is 3. The highest BCUT2D eigenvalue weighted by Crippen LogP contribution is 2.19. The molecule has 0 saturated carbocycles. The maximum atomic E-state index is 12.7. The van der Waals surface area contributed by atoms with Crippen molar-refractivity contribution in [1.82, 2.24) is 15.2 Å². The molecule has 1 atom stereocenters. The van der Waals surface area contributed by atoms with Gasteiger partial charge in [-0.1, -0.05) is 24.3 Å². The van der Waals surface area contributed by atoms with Crippen LogP contribution in [-0.2, 0) is 20.9 Å². The number of aromatic nitrogens is 1. The highest BCUT2D eigenvalue weighted by atomic mass is 16.5. The molecule has 1 unspecified atom stereocenters. The summed E-state index contributed by atoms with van der Waals surface area (Å²) >= 11 is 0. The number of hydrogen-bond acceptors (Lipinski definition) is 5. The molecule has 8 heteroatoms. The van der Waals surface area contributed by atoms with Crippen LogP contribution in [0.2, 0.25) is 0 Å². The molecule has 2 aromatic carbocycles. The molecule has 0 bridgehead atoms. The van der Waals surface area contributed by atoms with Crippen LogP contribution in [-0.4, -0.2) is 35.1 Å². The lowest BCUT2D eigenvalue weighted by Gasteiger charge is -2.17. The van der Waals surface area contributed by atoms with Gasteiger partial charge in [-0.2, -0.15) is 0 Å². The summed E-state index contributed by atoms with van der Waals surface area (Å²) in [5, 5.41) is 5.50. The molecular formula is C21H21N3O5. The molecule has 29 heavy (non-hydrogen) atoms. The van der Waals surface area contributed by atoms with Crippen molar-refractivity contribution in [2.24, 2.45) is 0 Å². The highest BCUT2D eigenvalue weighted by molar-refractivity contribution is 5.97. The van der Waals surface area contributed by atoms with E-state index in [0.29, 0.717) is 28.4 Å². The van der Waals surface area contributed by atoms with Crippen molar-refractivity contribution < 1.29 is 19.1 Å². The molecule has 3 amide bonds. The Labute approximate surface area is 166 Å². The molecule has 0 aliphatic heterocycles. The third kappa shape index (κ3) is 4.26. The van der Waals surface area contributed by atoms with Crippen molar-refractivity contribution in [3.63, 3.8) is 0 Å². The number of benzene rings is 2. The van der Waals surface area contributed by atoms with Crippen molar-refractivity contribution >= 4 is 39.7 Å². The van der Waals surface area contributed by atoms with Gasteiger partial charge in [-0.15, -0.1) is 0 Å². The fourth-order valence-electron chi connectivity index (χ4n) is 3.08. The van der Waals surface area contributed by atoms with E-state index in [9.17, 15) is 19.2 Å². The fraction of sp³-hybridized carbons (Fsp3) is 0.238. The smallest absolute Gasteiger partial charge is 0.326 e. The number of hydrogen-bond donors (Lipinski definition) is 2. The second kappa shape index (κ2) is 8.55. The molecule has 0 aliphatic rings. The summed E-state index contributed by atoms with van der Waals surface area (Å²) in [7, 11) is 0. The Balaban J connectivity index is 1.87. The summed E-state index contributed by atoms with van der Waals surface area (Å²) in [5.41, 5.74) is 1.07. The number of carbonyl (C=O) groups is 3. The normalized spacial score (nSPS) is 11.8. The minimum absolute atomic E-state index is 0.115. The van der Waals surface area contributed by atoms with Gasteiger partial charge in [0.2, 0.25) is 0 Å². The van der Waals surface area contributed by atoms with Crippen molar-refractivity contribution in [2.45, 2.75) is 26.5 Å². The summed E-state index contributed by atoms with van der Waals surface area (Å²) in [5.74, 6) is -1.39.